The minimum absolute atomic E-state index is 0.0106. The van der Waals surface area contributed by atoms with Crippen molar-refractivity contribution in [3.63, 3.8) is 0 Å². The molecule has 8 nitrogen and oxygen atoms in total. The van der Waals surface area contributed by atoms with Crippen LogP contribution in [0, 0.1) is 5.82 Å². The molecule has 0 radical (unpaired) electrons. The minimum Gasteiger partial charge on any atom is -0.379 e. The molecule has 0 aliphatic carbocycles. The second-order valence-electron chi connectivity index (χ2n) is 8.07. The zero-order chi connectivity index (χ0) is 24.7. The Morgan fingerprint density at radius 3 is 2.38 bits per heavy atom. The van der Waals surface area contributed by atoms with E-state index in [0.29, 0.717) is 45.1 Å². The number of benzene rings is 2. The predicted molar refractivity (Wildman–Crippen MR) is 131 cm³/mol. The maximum Gasteiger partial charge on any atom is 0.243 e. The number of nitrogens with one attached hydrogen (secondary N) is 2. The number of hydrogen-bond acceptors (Lipinski definition) is 6. The van der Waals surface area contributed by atoms with Crippen LogP contribution in [0.3, 0.4) is 0 Å². The highest BCUT2D eigenvalue weighted by atomic mass is 32.2. The highest BCUT2D eigenvalue weighted by Gasteiger charge is 2.27. The van der Waals surface area contributed by atoms with E-state index in [9.17, 15) is 17.6 Å². The summed E-state index contributed by atoms with van der Waals surface area (Å²) in [5.74, 6) is -0.618. The van der Waals surface area contributed by atoms with Gasteiger partial charge in [-0.1, -0.05) is 12.1 Å². The number of amides is 1. The molecule has 1 fully saturated rings. The summed E-state index contributed by atoms with van der Waals surface area (Å²) in [4.78, 5) is 15.0. The number of ether oxygens (including phenoxy) is 1. The van der Waals surface area contributed by atoms with Crippen molar-refractivity contribution in [1.82, 2.24) is 9.62 Å². The third-order valence-corrected chi connectivity index (χ3v) is 7.79. The molecule has 0 unspecified atom stereocenters. The average molecular weight is 493 g/mol. The fourth-order valence-electron chi connectivity index (χ4n) is 3.86. The lowest BCUT2D eigenvalue weighted by Crippen LogP contribution is -2.40. The maximum atomic E-state index is 13.2. The molecule has 1 atom stereocenters. The molecule has 10 heteroatoms. The fourth-order valence-corrected chi connectivity index (χ4v) is 5.30. The first-order chi connectivity index (χ1) is 16.3. The molecule has 3 rings (SSSR count). The van der Waals surface area contributed by atoms with Crippen molar-refractivity contribution in [2.24, 2.45) is 0 Å². The van der Waals surface area contributed by atoms with Crippen LogP contribution in [-0.2, 0) is 19.6 Å². The smallest absolute Gasteiger partial charge is 0.243 e. The van der Waals surface area contributed by atoms with Gasteiger partial charge >= 0.3 is 0 Å². The van der Waals surface area contributed by atoms with Crippen LogP contribution in [0.1, 0.15) is 32.4 Å². The van der Waals surface area contributed by atoms with Crippen molar-refractivity contribution in [3.8, 4) is 0 Å². The third kappa shape index (κ3) is 6.32. The summed E-state index contributed by atoms with van der Waals surface area (Å²) in [7, 11) is -3.70. The van der Waals surface area contributed by atoms with E-state index in [1.165, 1.54) is 22.5 Å². The Morgan fingerprint density at radius 2 is 1.76 bits per heavy atom. The highest BCUT2D eigenvalue weighted by Crippen LogP contribution is 2.30. The van der Waals surface area contributed by atoms with Gasteiger partial charge in [-0.2, -0.15) is 4.31 Å². The lowest BCUT2D eigenvalue weighted by atomic mass is 10.1. The number of morpholine rings is 1. The first kappa shape index (κ1) is 26.1. The van der Waals surface area contributed by atoms with Crippen LogP contribution in [0.25, 0.3) is 0 Å². The molecule has 1 aliphatic heterocycles. The molecule has 0 spiro atoms. The first-order valence-electron chi connectivity index (χ1n) is 11.5. The summed E-state index contributed by atoms with van der Waals surface area (Å²) < 4.78 is 46.1. The van der Waals surface area contributed by atoms with Crippen LogP contribution in [0.4, 0.5) is 15.8 Å². The van der Waals surface area contributed by atoms with Gasteiger partial charge in [0.15, 0.2) is 0 Å². The predicted octanol–water partition coefficient (Wildman–Crippen LogP) is 2.98. The van der Waals surface area contributed by atoms with Crippen LogP contribution in [0.5, 0.6) is 0 Å². The molecule has 186 valence electrons. The number of sulfonamides is 1. The lowest BCUT2D eigenvalue weighted by Gasteiger charge is -2.28. The van der Waals surface area contributed by atoms with E-state index in [4.69, 9.17) is 4.74 Å². The van der Waals surface area contributed by atoms with Crippen molar-refractivity contribution in [2.45, 2.75) is 31.7 Å². The summed E-state index contributed by atoms with van der Waals surface area (Å²) >= 11 is 0. The quantitative estimate of drug-likeness (QED) is 0.530. The van der Waals surface area contributed by atoms with Crippen LogP contribution in [-0.4, -0.2) is 64.6 Å². The molecule has 0 bridgehead atoms. The monoisotopic (exact) mass is 492 g/mol. The first-order valence-corrected chi connectivity index (χ1v) is 13.0. The fraction of sp³-hybridized carbons (Fsp3) is 0.458. The Morgan fingerprint density at radius 1 is 1.12 bits per heavy atom. The zero-order valence-corrected chi connectivity index (χ0v) is 20.7. The Balaban J connectivity index is 1.78. The summed E-state index contributed by atoms with van der Waals surface area (Å²) in [5.41, 5.74) is 2.06. The number of carbonyl (C=O) groups excluding carboxylic acids is 1. The van der Waals surface area contributed by atoms with Crippen LogP contribution >= 0.6 is 0 Å². The number of rotatable bonds is 10. The van der Waals surface area contributed by atoms with Gasteiger partial charge in [0.05, 0.1) is 36.0 Å². The summed E-state index contributed by atoms with van der Waals surface area (Å²) in [6.45, 7) is 8.62. The second kappa shape index (κ2) is 11.7. The third-order valence-electron chi connectivity index (χ3n) is 5.89. The Bertz CT molecular complexity index is 1070. The number of anilines is 2. The van der Waals surface area contributed by atoms with Gasteiger partial charge in [0.25, 0.3) is 0 Å². The number of hydrogen-bond donors (Lipinski definition) is 2. The van der Waals surface area contributed by atoms with Crippen molar-refractivity contribution in [3.05, 3.63) is 53.8 Å². The van der Waals surface area contributed by atoms with Crippen LogP contribution in [0.2, 0.25) is 0 Å². The van der Waals surface area contributed by atoms with Gasteiger partial charge in [0, 0.05) is 32.2 Å². The largest absolute Gasteiger partial charge is 0.379 e. The molecule has 0 saturated carbocycles. The van der Waals surface area contributed by atoms with Crippen molar-refractivity contribution < 1.29 is 22.3 Å². The average Bonchev–Trinajstić information content (AvgIpc) is 2.85. The zero-order valence-electron chi connectivity index (χ0n) is 19.9. The van der Waals surface area contributed by atoms with E-state index < -0.39 is 10.0 Å². The van der Waals surface area contributed by atoms with Gasteiger partial charge in [0.1, 0.15) is 5.82 Å². The maximum absolute atomic E-state index is 13.2. The van der Waals surface area contributed by atoms with E-state index in [1.54, 1.807) is 24.3 Å². The van der Waals surface area contributed by atoms with Gasteiger partial charge in [-0.25, -0.2) is 12.8 Å². The van der Waals surface area contributed by atoms with Gasteiger partial charge in [0.2, 0.25) is 15.9 Å². The Hall–Kier alpha value is -2.53. The van der Waals surface area contributed by atoms with Gasteiger partial charge in [-0.3, -0.25) is 4.79 Å². The lowest BCUT2D eigenvalue weighted by molar-refractivity contribution is -0.115. The molecular weight excluding hydrogens is 459 g/mol. The molecule has 34 heavy (non-hydrogen) atoms. The molecule has 1 amide bonds. The van der Waals surface area contributed by atoms with Crippen molar-refractivity contribution in [2.75, 3.05) is 56.2 Å². The SMILES string of the molecule is CCN(CC)c1ccc(S(=O)(=O)N2CCOCC2)cc1NC(=O)CN[C@H](C)c1ccc(F)cc1. The normalized spacial score (nSPS) is 15.6. The summed E-state index contributed by atoms with van der Waals surface area (Å²) in [6.07, 6.45) is 0. The minimum atomic E-state index is -3.70. The van der Waals surface area contributed by atoms with Gasteiger partial charge in [-0.15, -0.1) is 0 Å². The summed E-state index contributed by atoms with van der Waals surface area (Å²) in [6, 6.07) is 10.8. The molecular formula is C24H33FN4O4S. The molecule has 2 N–H and O–H groups in total. The standard InChI is InChI=1S/C24H33FN4O4S/c1-4-28(5-2)23-11-10-21(34(31,32)29-12-14-33-15-13-29)16-22(23)27-24(30)17-26-18(3)19-6-8-20(25)9-7-19/h6-11,16,18,26H,4-5,12-15,17H2,1-3H3,(H,27,30)/t18-/m1/s1. The Kier molecular flexibility index (Phi) is 9.01. The Labute approximate surface area is 201 Å². The van der Waals surface area contributed by atoms with Crippen molar-refractivity contribution >= 4 is 27.3 Å². The number of halogens is 1. The second-order valence-corrected chi connectivity index (χ2v) is 10.0. The van der Waals surface area contributed by atoms with Crippen LogP contribution < -0.4 is 15.5 Å². The number of carbonyl (C=O) groups is 1. The van der Waals surface area contributed by atoms with Gasteiger partial charge < -0.3 is 20.3 Å². The van der Waals surface area contributed by atoms with Crippen LogP contribution in [0.15, 0.2) is 47.4 Å². The molecule has 2 aromatic rings. The van der Waals surface area contributed by atoms with E-state index in [-0.39, 0.29) is 29.2 Å². The topological polar surface area (TPSA) is 91.0 Å². The molecule has 1 heterocycles. The van der Waals surface area contributed by atoms with E-state index in [0.717, 1.165) is 11.3 Å². The van der Waals surface area contributed by atoms with E-state index in [2.05, 4.69) is 15.5 Å². The number of nitrogens with zero attached hydrogens (tertiary/aromatic N) is 2. The molecule has 1 aliphatic rings. The molecule has 0 aromatic heterocycles. The van der Waals surface area contributed by atoms with Gasteiger partial charge in [-0.05, 0) is 56.7 Å². The molecule has 2 aromatic carbocycles. The van der Waals surface area contributed by atoms with E-state index in [1.807, 2.05) is 20.8 Å². The summed E-state index contributed by atoms with van der Waals surface area (Å²) in [5, 5.41) is 6.00. The highest BCUT2D eigenvalue weighted by molar-refractivity contribution is 7.89. The molecule has 1 saturated heterocycles. The van der Waals surface area contributed by atoms with Crippen molar-refractivity contribution in [1.29, 1.82) is 0 Å². The van der Waals surface area contributed by atoms with E-state index >= 15 is 0 Å².